The van der Waals surface area contributed by atoms with Gasteiger partial charge >= 0.3 is 5.97 Å². The number of aliphatic carboxylic acids is 1. The van der Waals surface area contributed by atoms with Crippen LogP contribution in [0.3, 0.4) is 0 Å². The fraction of sp³-hybridized carbons (Fsp3) is 0.529. The maximum absolute atomic E-state index is 12.9. The highest BCUT2D eigenvalue weighted by Crippen LogP contribution is 2.48. The first-order valence-corrected chi connectivity index (χ1v) is 7.90. The summed E-state index contributed by atoms with van der Waals surface area (Å²) in [4.78, 5) is 25.2. The second-order valence-corrected chi connectivity index (χ2v) is 6.51. The van der Waals surface area contributed by atoms with Gasteiger partial charge in [0.2, 0.25) is 5.91 Å². The number of halogens is 1. The fourth-order valence-corrected chi connectivity index (χ4v) is 3.30. The van der Waals surface area contributed by atoms with Gasteiger partial charge in [0.05, 0.1) is 6.10 Å². The van der Waals surface area contributed by atoms with E-state index in [0.717, 1.165) is 0 Å². The molecule has 124 valence electrons. The lowest BCUT2D eigenvalue weighted by molar-refractivity contribution is -0.154. The Kier molecular flexibility index (Phi) is 4.10. The molecule has 0 bridgehead atoms. The molecule has 5 nitrogen and oxygen atoms in total. The predicted molar refractivity (Wildman–Crippen MR) is 80.0 cm³/mol. The number of piperidine rings is 1. The molecule has 1 aromatic carbocycles. The minimum Gasteiger partial charge on any atom is -0.480 e. The number of nitrogens with zero attached hydrogens (tertiary/aromatic N) is 1. The molecule has 0 spiro atoms. The summed E-state index contributed by atoms with van der Waals surface area (Å²) in [6, 6.07) is 5.78. The number of amides is 1. The quantitative estimate of drug-likeness (QED) is 0.831. The first kappa shape index (κ1) is 15.9. The zero-order chi connectivity index (χ0) is 16.6. The summed E-state index contributed by atoms with van der Waals surface area (Å²) in [5, 5.41) is 19.6. The Hall–Kier alpha value is -1.95. The number of aliphatic hydroxyl groups is 1. The maximum Gasteiger partial charge on any atom is 0.319 e. The zero-order valence-corrected chi connectivity index (χ0v) is 12.7. The monoisotopic (exact) mass is 321 g/mol. The van der Waals surface area contributed by atoms with Crippen LogP contribution in [0.5, 0.6) is 0 Å². The predicted octanol–water partition coefficient (Wildman–Crippen LogP) is 1.96. The molecule has 1 saturated carbocycles. The van der Waals surface area contributed by atoms with Gasteiger partial charge in [-0.05, 0) is 49.3 Å². The van der Waals surface area contributed by atoms with E-state index in [9.17, 15) is 24.2 Å². The van der Waals surface area contributed by atoms with Gasteiger partial charge in [-0.2, -0.15) is 0 Å². The van der Waals surface area contributed by atoms with E-state index in [2.05, 4.69) is 0 Å². The number of hydrogen-bond acceptors (Lipinski definition) is 3. The summed E-state index contributed by atoms with van der Waals surface area (Å²) in [7, 11) is 0. The maximum atomic E-state index is 12.9. The summed E-state index contributed by atoms with van der Waals surface area (Å²) < 4.78 is 12.9. The number of aliphatic hydroxyl groups excluding tert-OH is 1. The Labute approximate surface area is 133 Å². The van der Waals surface area contributed by atoms with E-state index >= 15 is 0 Å². The highest BCUT2D eigenvalue weighted by atomic mass is 19.1. The van der Waals surface area contributed by atoms with Crippen LogP contribution in [-0.4, -0.2) is 40.1 Å². The minimum atomic E-state index is -1.19. The molecule has 23 heavy (non-hydrogen) atoms. The fourth-order valence-electron chi connectivity index (χ4n) is 3.30. The van der Waals surface area contributed by atoms with E-state index in [1.807, 2.05) is 0 Å². The van der Waals surface area contributed by atoms with Gasteiger partial charge in [0.15, 0.2) is 0 Å². The Morgan fingerprint density at radius 2 is 1.74 bits per heavy atom. The number of carboxylic acid groups (broad SMARTS) is 1. The van der Waals surface area contributed by atoms with Crippen molar-refractivity contribution >= 4 is 11.9 Å². The summed E-state index contributed by atoms with van der Waals surface area (Å²) in [5.41, 5.74) is -0.525. The second kappa shape index (κ2) is 5.92. The molecule has 2 fully saturated rings. The molecular formula is C17H20FNO4. The Bertz CT molecular complexity index is 604. The van der Waals surface area contributed by atoms with Crippen molar-refractivity contribution in [1.29, 1.82) is 0 Å². The molecule has 2 N–H and O–H groups in total. The molecule has 1 aliphatic heterocycles. The van der Waals surface area contributed by atoms with Gasteiger partial charge in [-0.25, -0.2) is 4.39 Å². The number of carbonyl (C=O) groups excluding carboxylic acids is 1. The van der Waals surface area contributed by atoms with Crippen LogP contribution in [0.4, 0.5) is 4.39 Å². The van der Waals surface area contributed by atoms with Crippen molar-refractivity contribution in [3.63, 3.8) is 0 Å². The van der Waals surface area contributed by atoms with Gasteiger partial charge in [-0.3, -0.25) is 9.59 Å². The third kappa shape index (κ3) is 2.95. The lowest BCUT2D eigenvalue weighted by atomic mass is 9.87. The van der Waals surface area contributed by atoms with Crippen molar-refractivity contribution in [3.8, 4) is 0 Å². The van der Waals surface area contributed by atoms with Crippen molar-refractivity contribution in [1.82, 2.24) is 4.90 Å². The molecule has 1 saturated heterocycles. The molecule has 0 radical (unpaired) electrons. The third-order valence-corrected chi connectivity index (χ3v) is 5.05. The SMILES string of the molecule is O=C(O)C1(C(=O)N2CCC(C(O)c3ccc(F)cc3)CC2)CC1. The van der Waals surface area contributed by atoms with Crippen LogP contribution >= 0.6 is 0 Å². The lowest BCUT2D eigenvalue weighted by Gasteiger charge is -2.35. The van der Waals surface area contributed by atoms with Crippen molar-refractivity contribution in [2.24, 2.45) is 11.3 Å². The van der Waals surface area contributed by atoms with E-state index in [0.29, 0.717) is 44.3 Å². The molecule has 3 rings (SSSR count). The molecule has 1 aliphatic carbocycles. The average Bonchev–Trinajstić information content (AvgIpc) is 3.36. The number of carbonyl (C=O) groups is 2. The first-order chi connectivity index (χ1) is 10.9. The van der Waals surface area contributed by atoms with E-state index in [1.54, 1.807) is 17.0 Å². The van der Waals surface area contributed by atoms with Crippen LogP contribution in [0.25, 0.3) is 0 Å². The van der Waals surface area contributed by atoms with Crippen molar-refractivity contribution in [2.75, 3.05) is 13.1 Å². The molecular weight excluding hydrogens is 301 g/mol. The van der Waals surface area contributed by atoms with Gasteiger partial charge in [-0.15, -0.1) is 0 Å². The van der Waals surface area contributed by atoms with Gasteiger partial charge in [-0.1, -0.05) is 12.1 Å². The summed E-state index contributed by atoms with van der Waals surface area (Å²) in [6.45, 7) is 0.910. The molecule has 6 heteroatoms. The number of hydrogen-bond donors (Lipinski definition) is 2. The average molecular weight is 321 g/mol. The van der Waals surface area contributed by atoms with E-state index in [1.165, 1.54) is 12.1 Å². The number of rotatable bonds is 4. The van der Waals surface area contributed by atoms with Crippen molar-refractivity contribution < 1.29 is 24.2 Å². The third-order valence-electron chi connectivity index (χ3n) is 5.05. The highest BCUT2D eigenvalue weighted by Gasteiger charge is 2.58. The Balaban J connectivity index is 1.59. The molecule has 1 unspecified atom stereocenters. The lowest BCUT2D eigenvalue weighted by Crippen LogP contribution is -2.45. The molecule has 0 aromatic heterocycles. The molecule has 1 atom stereocenters. The van der Waals surface area contributed by atoms with Crippen molar-refractivity contribution in [3.05, 3.63) is 35.6 Å². The molecule has 1 aromatic rings. The largest absolute Gasteiger partial charge is 0.480 e. The molecule has 2 aliphatic rings. The smallest absolute Gasteiger partial charge is 0.319 e. The summed E-state index contributed by atoms with van der Waals surface area (Å²) in [5.74, 6) is -1.68. The Morgan fingerprint density at radius 1 is 1.17 bits per heavy atom. The van der Waals surface area contributed by atoms with Gasteiger partial charge < -0.3 is 15.1 Å². The molecule has 1 amide bonds. The van der Waals surface area contributed by atoms with Crippen LogP contribution in [0, 0.1) is 17.2 Å². The van der Waals surface area contributed by atoms with Gasteiger partial charge in [0.1, 0.15) is 11.2 Å². The number of likely N-dealkylation sites (tertiary alicyclic amines) is 1. The first-order valence-electron chi connectivity index (χ1n) is 7.90. The second-order valence-electron chi connectivity index (χ2n) is 6.51. The Morgan fingerprint density at radius 3 is 2.22 bits per heavy atom. The number of benzene rings is 1. The van der Waals surface area contributed by atoms with E-state index in [-0.39, 0.29) is 17.6 Å². The summed E-state index contributed by atoms with van der Waals surface area (Å²) in [6.07, 6.45) is 1.36. The van der Waals surface area contributed by atoms with Crippen LogP contribution in [-0.2, 0) is 9.59 Å². The van der Waals surface area contributed by atoms with Crippen LogP contribution < -0.4 is 0 Å². The van der Waals surface area contributed by atoms with Crippen molar-refractivity contribution in [2.45, 2.75) is 31.8 Å². The minimum absolute atomic E-state index is 0.00973. The topological polar surface area (TPSA) is 77.8 Å². The van der Waals surface area contributed by atoms with Crippen LogP contribution in [0.1, 0.15) is 37.4 Å². The highest BCUT2D eigenvalue weighted by molar-refractivity contribution is 6.04. The van der Waals surface area contributed by atoms with Gasteiger partial charge in [0.25, 0.3) is 0 Å². The standard InChI is InChI=1S/C17H20FNO4/c18-13-3-1-11(2-4-13)14(20)12-5-9-19(10-6-12)15(21)17(7-8-17)16(22)23/h1-4,12,14,20H,5-10H2,(H,22,23). The van der Waals surface area contributed by atoms with Gasteiger partial charge in [0, 0.05) is 13.1 Å². The van der Waals surface area contributed by atoms with Crippen LogP contribution in [0.2, 0.25) is 0 Å². The molecule has 1 heterocycles. The number of carboxylic acids is 1. The zero-order valence-electron chi connectivity index (χ0n) is 12.7. The van der Waals surface area contributed by atoms with E-state index < -0.39 is 17.5 Å². The normalized spacial score (nSPS) is 21.7. The van der Waals surface area contributed by atoms with E-state index in [4.69, 9.17) is 0 Å². The van der Waals surface area contributed by atoms with Crippen LogP contribution in [0.15, 0.2) is 24.3 Å². The summed E-state index contributed by atoms with van der Waals surface area (Å²) >= 11 is 0.